The number of carbonyl (C=O) groups excluding carboxylic acids is 1. The topological polar surface area (TPSA) is 75.6 Å². The lowest BCUT2D eigenvalue weighted by atomic mass is 9.86. The Kier molecular flexibility index (Phi) is 1.95. The fraction of sp³-hybridized carbons (Fsp3) is 0.300. The lowest BCUT2D eigenvalue weighted by molar-refractivity contribution is -0.119. The highest BCUT2D eigenvalue weighted by molar-refractivity contribution is 6.06. The van der Waals surface area contributed by atoms with Gasteiger partial charge in [0.25, 0.3) is 0 Å². The summed E-state index contributed by atoms with van der Waals surface area (Å²) in [4.78, 5) is 11.6. The third kappa shape index (κ3) is 1.36. The van der Waals surface area contributed by atoms with Gasteiger partial charge in [0.1, 0.15) is 0 Å². The van der Waals surface area contributed by atoms with E-state index >= 15 is 0 Å². The van der Waals surface area contributed by atoms with Crippen LogP contribution in [0.1, 0.15) is 19.4 Å². The van der Waals surface area contributed by atoms with Gasteiger partial charge in [-0.3, -0.25) is 10.0 Å². The van der Waals surface area contributed by atoms with E-state index in [-0.39, 0.29) is 16.8 Å². The van der Waals surface area contributed by atoms with E-state index < -0.39 is 5.41 Å². The molecule has 15 heavy (non-hydrogen) atoms. The molecule has 0 aromatic heterocycles. The maximum absolute atomic E-state index is 11.6. The first kappa shape index (κ1) is 9.95. The predicted octanol–water partition coefficient (Wildman–Crippen LogP) is 1.61. The molecule has 0 aliphatic carbocycles. The Balaban J connectivity index is 2.55. The van der Waals surface area contributed by atoms with Crippen LogP contribution in [0, 0.1) is 5.21 Å². The van der Waals surface area contributed by atoms with Crippen LogP contribution in [0.2, 0.25) is 0 Å². The highest BCUT2D eigenvalue weighted by atomic mass is 16.8. The molecule has 0 unspecified atom stereocenters. The van der Waals surface area contributed by atoms with Crippen molar-refractivity contribution in [2.45, 2.75) is 19.3 Å². The Bertz CT molecular complexity index is 427. The van der Waals surface area contributed by atoms with Crippen molar-refractivity contribution >= 4 is 17.3 Å². The second-order valence-corrected chi connectivity index (χ2v) is 4.08. The molecule has 0 radical (unpaired) electrons. The molecule has 1 aromatic rings. The van der Waals surface area contributed by atoms with Gasteiger partial charge in [-0.25, -0.2) is 0 Å². The van der Waals surface area contributed by atoms with Gasteiger partial charge in [-0.05, 0) is 37.6 Å². The van der Waals surface area contributed by atoms with Crippen LogP contribution in [0.4, 0.5) is 11.4 Å². The van der Waals surface area contributed by atoms with E-state index in [9.17, 15) is 10.0 Å². The van der Waals surface area contributed by atoms with Crippen LogP contribution in [-0.2, 0) is 10.2 Å². The zero-order valence-corrected chi connectivity index (χ0v) is 8.44. The molecule has 1 aliphatic heterocycles. The molecule has 1 aromatic carbocycles. The van der Waals surface area contributed by atoms with Gasteiger partial charge in [0.2, 0.25) is 5.91 Å². The molecule has 1 heterocycles. The van der Waals surface area contributed by atoms with Crippen LogP contribution >= 0.6 is 0 Å². The summed E-state index contributed by atoms with van der Waals surface area (Å²) < 4.78 is 0. The number of hydrogen-bond donors (Lipinski definition) is 2. The third-order valence-corrected chi connectivity index (χ3v) is 2.71. The van der Waals surface area contributed by atoms with E-state index in [4.69, 9.17) is 5.21 Å². The quantitative estimate of drug-likeness (QED) is 0.686. The molecule has 0 spiro atoms. The van der Waals surface area contributed by atoms with Crippen LogP contribution in [-0.4, -0.2) is 11.1 Å². The molecular formula is C10H11N2O3-. The third-order valence-electron chi connectivity index (χ3n) is 2.71. The first-order chi connectivity index (χ1) is 6.93. The standard InChI is InChI=1S/C10H11N2O3/c1-10(2)7-5-6(12(14)15)3-4-8(7)11-9(10)13/h3-5,14H,1-2H3,(H,11,13)/q-1. The number of rotatable bonds is 1. The number of benzene rings is 1. The predicted molar refractivity (Wildman–Crippen MR) is 55.7 cm³/mol. The van der Waals surface area contributed by atoms with Gasteiger partial charge in [0.15, 0.2) is 0 Å². The summed E-state index contributed by atoms with van der Waals surface area (Å²) in [7, 11) is 0. The van der Waals surface area contributed by atoms with Crippen LogP contribution < -0.4 is 10.5 Å². The van der Waals surface area contributed by atoms with Crippen LogP contribution in [0.3, 0.4) is 0 Å². The Morgan fingerprint density at radius 3 is 2.73 bits per heavy atom. The molecule has 5 heteroatoms. The number of fused-ring (bicyclic) bond motifs is 1. The summed E-state index contributed by atoms with van der Waals surface area (Å²) in [5.74, 6) is -0.106. The Morgan fingerprint density at radius 2 is 2.13 bits per heavy atom. The molecule has 0 saturated heterocycles. The number of nitrogens with one attached hydrogen (secondary N) is 1. The van der Waals surface area contributed by atoms with Gasteiger partial charge in [-0.1, -0.05) is 0 Å². The van der Waals surface area contributed by atoms with Crippen molar-refractivity contribution in [1.29, 1.82) is 0 Å². The molecular weight excluding hydrogens is 196 g/mol. The molecule has 0 bridgehead atoms. The second kappa shape index (κ2) is 2.95. The first-order valence-corrected chi connectivity index (χ1v) is 4.55. The summed E-state index contributed by atoms with van der Waals surface area (Å²) in [5.41, 5.74) is 0.871. The number of hydrogen-bond acceptors (Lipinski definition) is 4. The average molecular weight is 207 g/mol. The van der Waals surface area contributed by atoms with E-state index in [2.05, 4.69) is 5.32 Å². The normalized spacial score (nSPS) is 17.2. The largest absolute Gasteiger partial charge is 0.733 e. The Hall–Kier alpha value is -1.59. The Labute approximate surface area is 86.9 Å². The monoisotopic (exact) mass is 207 g/mol. The van der Waals surface area contributed by atoms with Gasteiger partial charge in [0, 0.05) is 5.69 Å². The number of nitrogens with zero attached hydrogens (tertiary/aromatic N) is 1. The lowest BCUT2D eigenvalue weighted by Gasteiger charge is -2.23. The molecule has 80 valence electrons. The first-order valence-electron chi connectivity index (χ1n) is 4.55. The van der Waals surface area contributed by atoms with Gasteiger partial charge in [-0.2, -0.15) is 0 Å². The summed E-state index contributed by atoms with van der Waals surface area (Å²) in [6.45, 7) is 3.54. The van der Waals surface area contributed by atoms with Gasteiger partial charge in [-0.15, -0.1) is 0 Å². The van der Waals surface area contributed by atoms with E-state index in [0.717, 1.165) is 5.56 Å². The van der Waals surface area contributed by atoms with Crippen molar-refractivity contribution in [2.75, 3.05) is 10.5 Å². The van der Waals surface area contributed by atoms with Gasteiger partial charge in [0.05, 0.1) is 11.1 Å². The number of anilines is 2. The molecule has 0 saturated carbocycles. The van der Waals surface area contributed by atoms with Gasteiger partial charge >= 0.3 is 0 Å². The highest BCUT2D eigenvalue weighted by Gasteiger charge is 2.38. The van der Waals surface area contributed by atoms with Crippen molar-refractivity contribution in [3.63, 3.8) is 0 Å². The molecule has 5 nitrogen and oxygen atoms in total. The van der Waals surface area contributed by atoms with E-state index in [1.165, 1.54) is 12.1 Å². The lowest BCUT2D eigenvalue weighted by Crippen LogP contribution is -2.27. The van der Waals surface area contributed by atoms with E-state index in [0.29, 0.717) is 5.69 Å². The highest BCUT2D eigenvalue weighted by Crippen LogP contribution is 2.38. The van der Waals surface area contributed by atoms with Crippen molar-refractivity contribution in [2.24, 2.45) is 0 Å². The van der Waals surface area contributed by atoms with Crippen LogP contribution in [0.25, 0.3) is 0 Å². The number of amides is 1. The summed E-state index contributed by atoms with van der Waals surface area (Å²) >= 11 is 0. The minimum atomic E-state index is -0.665. The van der Waals surface area contributed by atoms with Crippen molar-refractivity contribution in [1.82, 2.24) is 0 Å². The minimum absolute atomic E-state index is 0.106. The van der Waals surface area contributed by atoms with E-state index in [1.54, 1.807) is 19.9 Å². The van der Waals surface area contributed by atoms with Crippen molar-refractivity contribution in [3.8, 4) is 0 Å². The summed E-state index contributed by atoms with van der Waals surface area (Å²) in [6, 6.07) is 4.58. The molecule has 0 atom stereocenters. The fourth-order valence-corrected chi connectivity index (χ4v) is 1.68. The molecule has 2 rings (SSSR count). The second-order valence-electron chi connectivity index (χ2n) is 4.08. The zero-order valence-electron chi connectivity index (χ0n) is 8.44. The maximum Gasteiger partial charge on any atom is 0.234 e. The molecule has 0 fully saturated rings. The average Bonchev–Trinajstić information content (AvgIpc) is 2.38. The van der Waals surface area contributed by atoms with Crippen LogP contribution in [0.15, 0.2) is 18.2 Å². The summed E-state index contributed by atoms with van der Waals surface area (Å²) in [5, 5.41) is 22.0. The number of carbonyl (C=O) groups is 1. The summed E-state index contributed by atoms with van der Waals surface area (Å²) in [6.07, 6.45) is 0. The van der Waals surface area contributed by atoms with Gasteiger partial charge < -0.3 is 15.8 Å². The van der Waals surface area contributed by atoms with Crippen molar-refractivity contribution < 1.29 is 10.0 Å². The Morgan fingerprint density at radius 1 is 1.47 bits per heavy atom. The SMILES string of the molecule is CC1(C)C(=O)Nc2ccc(N([O-])O)cc21. The van der Waals surface area contributed by atoms with Crippen molar-refractivity contribution in [3.05, 3.63) is 29.0 Å². The maximum atomic E-state index is 11.6. The minimum Gasteiger partial charge on any atom is -0.733 e. The van der Waals surface area contributed by atoms with Crippen LogP contribution in [0.5, 0.6) is 0 Å². The zero-order chi connectivity index (χ0) is 11.2. The van der Waals surface area contributed by atoms with E-state index in [1.807, 2.05) is 0 Å². The molecule has 1 aliphatic rings. The fourth-order valence-electron chi connectivity index (χ4n) is 1.68. The molecule has 2 N–H and O–H groups in total. The smallest absolute Gasteiger partial charge is 0.234 e. The molecule has 1 amide bonds.